The van der Waals surface area contributed by atoms with Crippen LogP contribution in [-0.4, -0.2) is 16.2 Å². The topological polar surface area (TPSA) is 37.3 Å². The summed E-state index contributed by atoms with van der Waals surface area (Å²) in [6, 6.07) is 1.38. The minimum Gasteiger partial charge on any atom is -0.508 e. The van der Waals surface area contributed by atoms with Crippen molar-refractivity contribution in [2.24, 2.45) is 0 Å². The number of carbonyl (C=O) groups is 1. The van der Waals surface area contributed by atoms with Gasteiger partial charge in [0.05, 0.1) is 15.9 Å². The number of benzene rings is 1. The van der Waals surface area contributed by atoms with Crippen LogP contribution in [0, 0.1) is 0 Å². The van der Waals surface area contributed by atoms with Crippen LogP contribution < -0.4 is 0 Å². The normalized spacial score (nSPS) is 11.6. The summed E-state index contributed by atoms with van der Waals surface area (Å²) >= 11 is 8.28. The minimum atomic E-state index is -4.71. The molecule has 0 atom stereocenters. The lowest BCUT2D eigenvalue weighted by Gasteiger charge is -2.12. The van der Waals surface area contributed by atoms with E-state index >= 15 is 0 Å². The van der Waals surface area contributed by atoms with E-state index in [0.29, 0.717) is 6.07 Å². The van der Waals surface area contributed by atoms with E-state index in [1.807, 2.05) is 0 Å². The van der Waals surface area contributed by atoms with Crippen molar-refractivity contribution in [3.8, 4) is 5.75 Å². The minimum absolute atomic E-state index is 0.173. The molecule has 2 nitrogen and oxygen atoms in total. The maximum atomic E-state index is 12.5. The molecule has 0 saturated carbocycles. The molecule has 0 aromatic heterocycles. The molecule has 0 heterocycles. The Balaban J connectivity index is 3.44. The van der Waals surface area contributed by atoms with Gasteiger partial charge in [-0.1, -0.05) is 27.5 Å². The average molecular weight is 317 g/mol. The highest BCUT2D eigenvalue weighted by Crippen LogP contribution is 2.38. The van der Waals surface area contributed by atoms with Crippen molar-refractivity contribution in [3.05, 3.63) is 28.3 Å². The molecule has 0 aliphatic carbocycles. The summed E-state index contributed by atoms with van der Waals surface area (Å²) < 4.78 is 37.4. The van der Waals surface area contributed by atoms with E-state index in [1.165, 1.54) is 0 Å². The van der Waals surface area contributed by atoms with Crippen molar-refractivity contribution in [3.63, 3.8) is 0 Å². The first-order valence-corrected chi connectivity index (χ1v) is 5.46. The molecular weight excluding hydrogens is 312 g/mol. The molecule has 1 aromatic rings. The van der Waals surface area contributed by atoms with Gasteiger partial charge in [-0.25, -0.2) is 0 Å². The molecule has 0 saturated heterocycles. The van der Waals surface area contributed by atoms with Crippen LogP contribution in [0.2, 0.25) is 5.02 Å². The summed E-state index contributed by atoms with van der Waals surface area (Å²) in [7, 11) is 0. The number of phenols is 1. The number of alkyl halides is 4. The van der Waals surface area contributed by atoms with E-state index in [-0.39, 0.29) is 10.9 Å². The standard InChI is InChI=1S/C9H5BrClF3O2/c10-3-7(16)5-1-4(15)2-6(8(5)11)9(12,13)14/h1-2,15H,3H2. The maximum absolute atomic E-state index is 12.5. The van der Waals surface area contributed by atoms with Crippen LogP contribution in [0.4, 0.5) is 13.2 Å². The number of rotatable bonds is 2. The lowest BCUT2D eigenvalue weighted by atomic mass is 10.1. The second kappa shape index (κ2) is 4.63. The molecule has 0 radical (unpaired) electrons. The summed E-state index contributed by atoms with van der Waals surface area (Å²) in [5, 5.41) is 8.23. The zero-order valence-electron chi connectivity index (χ0n) is 7.61. The van der Waals surface area contributed by atoms with Crippen LogP contribution in [0.15, 0.2) is 12.1 Å². The van der Waals surface area contributed by atoms with Gasteiger partial charge in [0, 0.05) is 5.56 Å². The summed E-state index contributed by atoms with van der Waals surface area (Å²) in [6.07, 6.45) is -4.71. The largest absolute Gasteiger partial charge is 0.508 e. The van der Waals surface area contributed by atoms with E-state index in [0.717, 1.165) is 6.07 Å². The predicted molar refractivity (Wildman–Crippen MR) is 56.2 cm³/mol. The van der Waals surface area contributed by atoms with Crippen LogP contribution in [0.1, 0.15) is 15.9 Å². The van der Waals surface area contributed by atoms with Crippen LogP contribution in [-0.2, 0) is 6.18 Å². The monoisotopic (exact) mass is 316 g/mol. The van der Waals surface area contributed by atoms with Crippen molar-refractivity contribution < 1.29 is 23.1 Å². The third-order valence-corrected chi connectivity index (χ3v) is 2.70. The Morgan fingerprint density at radius 1 is 1.44 bits per heavy atom. The summed E-state index contributed by atoms with van der Waals surface area (Å²) in [5.41, 5.74) is -1.58. The number of phenolic OH excluding ortho intramolecular Hbond substituents is 1. The van der Waals surface area contributed by atoms with Gasteiger partial charge in [0.2, 0.25) is 0 Å². The van der Waals surface area contributed by atoms with Crippen LogP contribution in [0.25, 0.3) is 0 Å². The molecule has 0 spiro atoms. The Bertz CT molecular complexity index is 431. The first kappa shape index (κ1) is 13.3. The molecule has 0 amide bonds. The maximum Gasteiger partial charge on any atom is 0.418 e. The van der Waals surface area contributed by atoms with E-state index in [1.54, 1.807) is 0 Å². The average Bonchev–Trinajstić information content (AvgIpc) is 2.18. The zero-order chi connectivity index (χ0) is 12.5. The van der Waals surface area contributed by atoms with E-state index in [4.69, 9.17) is 16.7 Å². The summed E-state index contributed by atoms with van der Waals surface area (Å²) in [6.45, 7) is 0. The highest BCUT2D eigenvalue weighted by Gasteiger charge is 2.35. The van der Waals surface area contributed by atoms with Crippen LogP contribution >= 0.6 is 27.5 Å². The molecule has 1 N–H and O–H groups in total. The molecule has 7 heteroatoms. The molecule has 88 valence electrons. The SMILES string of the molecule is O=C(CBr)c1cc(O)cc(C(F)(F)F)c1Cl. The Kier molecular flexibility index (Phi) is 3.85. The first-order valence-electron chi connectivity index (χ1n) is 3.96. The predicted octanol–water partition coefficient (Wildman–Crippen LogP) is 3.64. The third-order valence-electron chi connectivity index (χ3n) is 1.78. The molecule has 1 rings (SSSR count). The van der Waals surface area contributed by atoms with Gasteiger partial charge in [-0.2, -0.15) is 13.2 Å². The van der Waals surface area contributed by atoms with Gasteiger partial charge in [0.25, 0.3) is 0 Å². The highest BCUT2D eigenvalue weighted by molar-refractivity contribution is 9.09. The molecular formula is C9H5BrClF3O2. The van der Waals surface area contributed by atoms with Crippen molar-refractivity contribution >= 4 is 33.3 Å². The smallest absolute Gasteiger partial charge is 0.418 e. The van der Waals surface area contributed by atoms with Gasteiger partial charge < -0.3 is 5.11 Å². The van der Waals surface area contributed by atoms with Crippen LogP contribution in [0.3, 0.4) is 0 Å². The Labute approximate surface area is 102 Å². The number of ketones is 1. The molecule has 0 aliphatic rings. The van der Waals surface area contributed by atoms with Crippen LogP contribution in [0.5, 0.6) is 5.75 Å². The number of hydrogen-bond donors (Lipinski definition) is 1. The highest BCUT2D eigenvalue weighted by atomic mass is 79.9. The fourth-order valence-corrected chi connectivity index (χ4v) is 1.71. The Morgan fingerprint density at radius 3 is 2.44 bits per heavy atom. The summed E-state index contributed by atoms with van der Waals surface area (Å²) in [5.74, 6) is -1.28. The number of carbonyl (C=O) groups excluding carboxylic acids is 1. The first-order chi connectivity index (χ1) is 7.27. The van der Waals surface area contributed by atoms with E-state index in [9.17, 15) is 18.0 Å². The van der Waals surface area contributed by atoms with Gasteiger partial charge in [0.15, 0.2) is 5.78 Å². The van der Waals surface area contributed by atoms with Gasteiger partial charge in [-0.15, -0.1) is 0 Å². The number of hydrogen-bond acceptors (Lipinski definition) is 2. The second-order valence-electron chi connectivity index (χ2n) is 2.91. The van der Waals surface area contributed by atoms with Gasteiger partial charge in [-0.05, 0) is 12.1 Å². The van der Waals surface area contributed by atoms with Gasteiger partial charge in [0.1, 0.15) is 5.75 Å². The van der Waals surface area contributed by atoms with Gasteiger partial charge in [-0.3, -0.25) is 4.79 Å². The number of aromatic hydroxyl groups is 1. The third kappa shape index (κ3) is 2.68. The fourth-order valence-electron chi connectivity index (χ4n) is 1.09. The molecule has 0 unspecified atom stereocenters. The Morgan fingerprint density at radius 2 is 2.00 bits per heavy atom. The quantitative estimate of drug-likeness (QED) is 0.668. The van der Waals surface area contributed by atoms with Crippen molar-refractivity contribution in [2.75, 3.05) is 5.33 Å². The lowest BCUT2D eigenvalue weighted by molar-refractivity contribution is -0.137. The molecule has 16 heavy (non-hydrogen) atoms. The second-order valence-corrected chi connectivity index (χ2v) is 3.85. The lowest BCUT2D eigenvalue weighted by Crippen LogP contribution is -2.10. The molecule has 0 fully saturated rings. The fraction of sp³-hybridized carbons (Fsp3) is 0.222. The zero-order valence-corrected chi connectivity index (χ0v) is 9.95. The van der Waals surface area contributed by atoms with Crippen molar-refractivity contribution in [2.45, 2.75) is 6.18 Å². The van der Waals surface area contributed by atoms with Crippen molar-refractivity contribution in [1.82, 2.24) is 0 Å². The number of Topliss-reactive ketones (excluding diaryl/α,β-unsaturated/α-hetero) is 1. The van der Waals surface area contributed by atoms with Crippen molar-refractivity contribution in [1.29, 1.82) is 0 Å². The molecule has 0 aliphatic heterocycles. The molecule has 1 aromatic carbocycles. The summed E-state index contributed by atoms with van der Waals surface area (Å²) in [4.78, 5) is 11.3. The van der Waals surface area contributed by atoms with Gasteiger partial charge >= 0.3 is 6.18 Å². The van der Waals surface area contributed by atoms with E-state index < -0.39 is 28.3 Å². The Hall–Kier alpha value is -0.750. The number of halogens is 5. The molecule has 0 bridgehead atoms. The van der Waals surface area contributed by atoms with E-state index in [2.05, 4.69) is 15.9 Å².